The lowest BCUT2D eigenvalue weighted by Crippen LogP contribution is -2.32. The van der Waals surface area contributed by atoms with Gasteiger partial charge in [0, 0.05) is 5.32 Å². The molecule has 0 spiro atoms. The van der Waals surface area contributed by atoms with E-state index in [9.17, 15) is 0 Å². The third-order valence-corrected chi connectivity index (χ3v) is 4.81. The maximum atomic E-state index is 4.08. The van der Waals surface area contributed by atoms with Crippen LogP contribution in [0.15, 0.2) is 42.6 Å². The number of benzene rings is 1. The number of hydrogen-bond acceptors (Lipinski definition) is 3. The van der Waals surface area contributed by atoms with E-state index in [1.54, 1.807) is 6.20 Å². The average Bonchev–Trinajstić information content (AvgIpc) is 2.31. The molecule has 4 heteroatoms. The van der Waals surface area contributed by atoms with Gasteiger partial charge in [0.05, 0.1) is 15.0 Å². The summed E-state index contributed by atoms with van der Waals surface area (Å²) >= 11 is 0. The standard InChI is InChI=1S/C11H13N3Si/c1-15(11-7-8-12-14-13-11)9-10-5-3-2-4-6-10/h2-8,15H,9H2,1H3. The second kappa shape index (κ2) is 4.79. The quantitative estimate of drug-likeness (QED) is 0.708. The first-order chi connectivity index (χ1) is 7.36. The molecule has 2 rings (SSSR count). The highest BCUT2D eigenvalue weighted by molar-refractivity contribution is 6.70. The molecule has 0 N–H and O–H groups in total. The van der Waals surface area contributed by atoms with E-state index >= 15 is 0 Å². The van der Waals surface area contributed by atoms with Crippen LogP contribution in [0.25, 0.3) is 0 Å². The van der Waals surface area contributed by atoms with Crippen molar-refractivity contribution in [3.63, 3.8) is 0 Å². The van der Waals surface area contributed by atoms with Crippen LogP contribution in [0.5, 0.6) is 0 Å². The summed E-state index contributed by atoms with van der Waals surface area (Å²) in [7, 11) is -1.00. The highest BCUT2D eigenvalue weighted by Crippen LogP contribution is 2.01. The molecule has 3 nitrogen and oxygen atoms in total. The summed E-state index contributed by atoms with van der Waals surface area (Å²) in [5.41, 5.74) is 1.38. The molecule has 1 aromatic heterocycles. The van der Waals surface area contributed by atoms with Crippen molar-refractivity contribution in [2.24, 2.45) is 0 Å². The second-order valence-electron chi connectivity index (χ2n) is 3.64. The third kappa shape index (κ3) is 2.70. The molecular formula is C11H13N3Si. The van der Waals surface area contributed by atoms with Gasteiger partial charge in [0.2, 0.25) is 0 Å². The maximum Gasteiger partial charge on any atom is 0.0984 e. The van der Waals surface area contributed by atoms with Gasteiger partial charge in [0.25, 0.3) is 0 Å². The molecule has 0 saturated heterocycles. The zero-order valence-electron chi connectivity index (χ0n) is 8.67. The minimum absolute atomic E-state index is 1.00. The van der Waals surface area contributed by atoms with Crippen LogP contribution in [0.2, 0.25) is 6.55 Å². The number of nitrogens with zero attached hydrogens (tertiary/aromatic N) is 3. The van der Waals surface area contributed by atoms with Crippen molar-refractivity contribution < 1.29 is 0 Å². The summed E-state index contributed by atoms with van der Waals surface area (Å²) in [5, 5.41) is 12.6. The molecular weight excluding hydrogens is 202 g/mol. The summed E-state index contributed by atoms with van der Waals surface area (Å²) in [5.74, 6) is 0. The first kappa shape index (κ1) is 9.98. The van der Waals surface area contributed by atoms with Crippen molar-refractivity contribution in [1.29, 1.82) is 0 Å². The summed E-state index contributed by atoms with van der Waals surface area (Å²) in [6.07, 6.45) is 1.72. The molecule has 1 aromatic carbocycles. The van der Waals surface area contributed by atoms with Crippen LogP contribution in [0.4, 0.5) is 0 Å². The Morgan fingerprint density at radius 3 is 2.60 bits per heavy atom. The van der Waals surface area contributed by atoms with Gasteiger partial charge < -0.3 is 0 Å². The fourth-order valence-electron chi connectivity index (χ4n) is 1.59. The van der Waals surface area contributed by atoms with Crippen LogP contribution in [-0.2, 0) is 6.04 Å². The summed E-state index contributed by atoms with van der Waals surface area (Å²) < 4.78 is 0. The van der Waals surface area contributed by atoms with E-state index in [1.807, 2.05) is 12.1 Å². The Kier molecular flexibility index (Phi) is 3.19. The Balaban J connectivity index is 2.08. The molecule has 1 atom stereocenters. The van der Waals surface area contributed by atoms with Crippen molar-refractivity contribution in [1.82, 2.24) is 15.4 Å². The van der Waals surface area contributed by atoms with Crippen LogP contribution in [-0.4, -0.2) is 24.2 Å². The molecule has 0 saturated carbocycles. The van der Waals surface area contributed by atoms with Crippen LogP contribution in [0, 0.1) is 0 Å². The Bertz CT molecular complexity index is 405. The highest BCUT2D eigenvalue weighted by Gasteiger charge is 2.09. The molecule has 0 amide bonds. The summed E-state index contributed by atoms with van der Waals surface area (Å²) in [6.45, 7) is 2.29. The second-order valence-corrected chi connectivity index (χ2v) is 6.44. The van der Waals surface area contributed by atoms with Crippen molar-refractivity contribution in [2.45, 2.75) is 12.6 Å². The molecule has 0 bridgehead atoms. The minimum atomic E-state index is -1.00. The van der Waals surface area contributed by atoms with Gasteiger partial charge in [0.1, 0.15) is 0 Å². The van der Waals surface area contributed by atoms with Crippen molar-refractivity contribution >= 4 is 14.1 Å². The number of aromatic nitrogens is 3. The SMILES string of the molecule is C[SiH](Cc1ccccc1)c1ccnnn1. The molecule has 15 heavy (non-hydrogen) atoms. The van der Waals surface area contributed by atoms with Gasteiger partial charge in [-0.2, -0.15) is 0 Å². The van der Waals surface area contributed by atoms with Crippen molar-refractivity contribution in [2.75, 3.05) is 0 Å². The minimum Gasteiger partial charge on any atom is -0.141 e. The van der Waals surface area contributed by atoms with E-state index < -0.39 is 8.80 Å². The average molecular weight is 215 g/mol. The molecule has 0 aliphatic heterocycles. The largest absolute Gasteiger partial charge is 0.141 e. The van der Waals surface area contributed by atoms with Crippen LogP contribution >= 0.6 is 0 Å². The maximum absolute atomic E-state index is 4.08. The van der Waals surface area contributed by atoms with Crippen LogP contribution < -0.4 is 5.32 Å². The molecule has 0 fully saturated rings. The first-order valence-corrected chi connectivity index (χ1v) is 7.59. The van der Waals surface area contributed by atoms with Crippen LogP contribution in [0.3, 0.4) is 0 Å². The van der Waals surface area contributed by atoms with E-state index in [-0.39, 0.29) is 0 Å². The fraction of sp³-hybridized carbons (Fsp3) is 0.182. The predicted molar refractivity (Wildman–Crippen MR) is 62.6 cm³/mol. The molecule has 1 unspecified atom stereocenters. The molecule has 0 radical (unpaired) electrons. The monoisotopic (exact) mass is 215 g/mol. The first-order valence-electron chi connectivity index (χ1n) is 5.04. The Labute approximate surface area is 90.8 Å². The van der Waals surface area contributed by atoms with E-state index in [2.05, 4.69) is 46.2 Å². The Hall–Kier alpha value is -1.55. The van der Waals surface area contributed by atoms with Gasteiger partial charge in [-0.05, 0) is 17.3 Å². The Morgan fingerprint density at radius 1 is 1.13 bits per heavy atom. The molecule has 2 aromatic rings. The third-order valence-electron chi connectivity index (χ3n) is 2.41. The molecule has 0 aliphatic rings. The Morgan fingerprint density at radius 2 is 1.93 bits per heavy atom. The van der Waals surface area contributed by atoms with Gasteiger partial charge >= 0.3 is 0 Å². The zero-order chi connectivity index (χ0) is 10.5. The topological polar surface area (TPSA) is 38.7 Å². The van der Waals surface area contributed by atoms with Gasteiger partial charge in [-0.25, -0.2) is 0 Å². The highest BCUT2D eigenvalue weighted by atomic mass is 28.3. The number of hydrogen-bond donors (Lipinski definition) is 0. The van der Waals surface area contributed by atoms with Crippen molar-refractivity contribution in [3.05, 3.63) is 48.2 Å². The lowest BCUT2D eigenvalue weighted by molar-refractivity contribution is 0.880. The van der Waals surface area contributed by atoms with Gasteiger partial charge in [-0.3, -0.25) is 0 Å². The van der Waals surface area contributed by atoms with Crippen molar-refractivity contribution in [3.8, 4) is 0 Å². The van der Waals surface area contributed by atoms with Gasteiger partial charge in [-0.1, -0.05) is 42.4 Å². The van der Waals surface area contributed by atoms with E-state index in [4.69, 9.17) is 0 Å². The van der Waals surface area contributed by atoms with E-state index in [0.29, 0.717) is 0 Å². The smallest absolute Gasteiger partial charge is 0.0984 e. The van der Waals surface area contributed by atoms with E-state index in [0.717, 1.165) is 11.4 Å². The number of rotatable bonds is 3. The molecule has 1 heterocycles. The van der Waals surface area contributed by atoms with Gasteiger partial charge in [0.15, 0.2) is 0 Å². The zero-order valence-corrected chi connectivity index (χ0v) is 9.82. The molecule has 76 valence electrons. The lowest BCUT2D eigenvalue weighted by Gasteiger charge is -2.07. The predicted octanol–water partition coefficient (Wildman–Crippen LogP) is 0.717. The summed E-state index contributed by atoms with van der Waals surface area (Å²) in [4.78, 5) is 0. The van der Waals surface area contributed by atoms with Gasteiger partial charge in [-0.15, -0.1) is 10.2 Å². The fourth-order valence-corrected chi connectivity index (χ4v) is 3.44. The van der Waals surface area contributed by atoms with Crippen LogP contribution in [0.1, 0.15) is 5.56 Å². The normalized spacial score (nSPS) is 12.3. The lowest BCUT2D eigenvalue weighted by atomic mass is 10.2. The van der Waals surface area contributed by atoms with E-state index in [1.165, 1.54) is 5.56 Å². The summed E-state index contributed by atoms with van der Waals surface area (Å²) in [6, 6.07) is 13.6. The molecule has 0 aliphatic carbocycles.